The lowest BCUT2D eigenvalue weighted by molar-refractivity contribution is -0.115. The number of nitrogens with zero attached hydrogens (tertiary/aromatic N) is 1. The zero-order valence-corrected chi connectivity index (χ0v) is 17.0. The number of aliphatic imine (C=N–C) groups is 1. The third-order valence-corrected chi connectivity index (χ3v) is 5.48. The molecule has 0 bridgehead atoms. The number of halogens is 2. The summed E-state index contributed by atoms with van der Waals surface area (Å²) >= 11 is 13.5. The van der Waals surface area contributed by atoms with E-state index in [2.05, 4.69) is 10.3 Å². The summed E-state index contributed by atoms with van der Waals surface area (Å²) < 4.78 is 5.83. The van der Waals surface area contributed by atoms with Crippen molar-refractivity contribution in [1.82, 2.24) is 5.32 Å². The van der Waals surface area contributed by atoms with E-state index in [4.69, 9.17) is 27.6 Å². The number of rotatable bonds is 3. The van der Waals surface area contributed by atoms with E-state index in [1.54, 1.807) is 36.4 Å². The molecule has 2 aromatic carbocycles. The lowest BCUT2D eigenvalue weighted by atomic mass is 10.2. The van der Waals surface area contributed by atoms with E-state index in [9.17, 15) is 4.79 Å². The molecule has 0 spiro atoms. The largest absolute Gasteiger partial charge is 0.457 e. The minimum Gasteiger partial charge on any atom is -0.457 e. The fraction of sp³-hybridized carbons (Fsp3) is 0.0476. The standard InChI is InChI=1S/C21H14Cl2N2O2S/c1-12-2-5-14(6-3-12)24-21-25-20(26)19(28-21)11-15-7-9-18(27-15)16-10-13(22)4-8-17(16)23/h2-11H,1H3,(H,24,25,26). The summed E-state index contributed by atoms with van der Waals surface area (Å²) in [5.74, 6) is 0.908. The lowest BCUT2D eigenvalue weighted by Gasteiger charge is -2.01. The van der Waals surface area contributed by atoms with Crippen LogP contribution in [0.5, 0.6) is 0 Å². The van der Waals surface area contributed by atoms with Gasteiger partial charge in [-0.1, -0.05) is 40.9 Å². The number of hydrogen-bond acceptors (Lipinski definition) is 4. The summed E-state index contributed by atoms with van der Waals surface area (Å²) in [5.41, 5.74) is 2.63. The molecule has 4 nitrogen and oxygen atoms in total. The van der Waals surface area contributed by atoms with Crippen molar-refractivity contribution in [2.24, 2.45) is 4.99 Å². The van der Waals surface area contributed by atoms with Gasteiger partial charge in [0.2, 0.25) is 0 Å². The molecule has 1 aromatic heterocycles. The minimum atomic E-state index is -0.213. The molecule has 1 amide bonds. The zero-order chi connectivity index (χ0) is 19.7. The molecule has 2 heterocycles. The predicted octanol–water partition coefficient (Wildman–Crippen LogP) is 6.45. The third-order valence-electron chi connectivity index (χ3n) is 4.01. The molecule has 0 aliphatic carbocycles. The van der Waals surface area contributed by atoms with E-state index in [1.165, 1.54) is 11.8 Å². The van der Waals surface area contributed by atoms with Crippen LogP contribution in [0.3, 0.4) is 0 Å². The predicted molar refractivity (Wildman–Crippen MR) is 116 cm³/mol. The van der Waals surface area contributed by atoms with Crippen LogP contribution < -0.4 is 5.32 Å². The second-order valence-electron chi connectivity index (χ2n) is 6.14. The number of amidine groups is 1. The summed E-state index contributed by atoms with van der Waals surface area (Å²) in [5, 5.41) is 4.41. The van der Waals surface area contributed by atoms with Gasteiger partial charge in [-0.15, -0.1) is 0 Å². The second kappa shape index (κ2) is 7.87. The maximum Gasteiger partial charge on any atom is 0.264 e. The molecule has 3 aromatic rings. The van der Waals surface area contributed by atoms with Crippen molar-refractivity contribution in [2.75, 3.05) is 0 Å². The van der Waals surface area contributed by atoms with Gasteiger partial charge >= 0.3 is 0 Å². The van der Waals surface area contributed by atoms with Crippen molar-refractivity contribution in [3.05, 3.63) is 80.9 Å². The normalized spacial score (nSPS) is 16.8. The van der Waals surface area contributed by atoms with E-state index in [-0.39, 0.29) is 5.91 Å². The number of furan rings is 1. The Morgan fingerprint density at radius 2 is 1.86 bits per heavy atom. The lowest BCUT2D eigenvalue weighted by Crippen LogP contribution is -2.19. The molecule has 0 unspecified atom stereocenters. The average molecular weight is 429 g/mol. The van der Waals surface area contributed by atoms with E-state index < -0.39 is 0 Å². The van der Waals surface area contributed by atoms with Gasteiger partial charge in [-0.3, -0.25) is 4.79 Å². The van der Waals surface area contributed by atoms with Crippen molar-refractivity contribution in [3.8, 4) is 11.3 Å². The van der Waals surface area contributed by atoms with Crippen LogP contribution in [0.2, 0.25) is 10.0 Å². The first kappa shape index (κ1) is 18.9. The van der Waals surface area contributed by atoms with Crippen LogP contribution in [0.25, 0.3) is 17.4 Å². The highest BCUT2D eigenvalue weighted by atomic mass is 35.5. The molecule has 1 aliphatic heterocycles. The van der Waals surface area contributed by atoms with Crippen molar-refractivity contribution >= 4 is 57.8 Å². The first-order valence-corrected chi connectivity index (χ1v) is 9.97. The molecular weight excluding hydrogens is 415 g/mol. The quantitative estimate of drug-likeness (QED) is 0.487. The number of carbonyl (C=O) groups is 1. The molecule has 28 heavy (non-hydrogen) atoms. The second-order valence-corrected chi connectivity index (χ2v) is 8.02. The number of nitrogens with one attached hydrogen (secondary N) is 1. The first-order chi connectivity index (χ1) is 13.5. The maximum atomic E-state index is 12.2. The molecule has 0 radical (unpaired) electrons. The fourth-order valence-electron chi connectivity index (χ4n) is 2.61. The van der Waals surface area contributed by atoms with Crippen LogP contribution >= 0.6 is 35.0 Å². The van der Waals surface area contributed by atoms with Gasteiger partial charge in [0.1, 0.15) is 11.5 Å². The molecule has 140 valence electrons. The summed E-state index contributed by atoms with van der Waals surface area (Å²) in [6, 6.07) is 16.5. The third kappa shape index (κ3) is 4.17. The number of amides is 1. The summed E-state index contributed by atoms with van der Waals surface area (Å²) in [4.78, 5) is 17.2. The number of hydrogen-bond donors (Lipinski definition) is 1. The molecule has 4 rings (SSSR count). The number of aryl methyl sites for hydroxylation is 1. The molecule has 0 saturated carbocycles. The molecule has 7 heteroatoms. The molecule has 1 saturated heterocycles. The van der Waals surface area contributed by atoms with Crippen LogP contribution in [0.15, 0.2) is 68.9 Å². The van der Waals surface area contributed by atoms with Gasteiger partial charge < -0.3 is 9.73 Å². The van der Waals surface area contributed by atoms with Gasteiger partial charge in [-0.2, -0.15) is 0 Å². The van der Waals surface area contributed by atoms with Gasteiger partial charge in [0, 0.05) is 16.7 Å². The summed E-state index contributed by atoms with van der Waals surface area (Å²) in [6.07, 6.45) is 1.68. The first-order valence-electron chi connectivity index (χ1n) is 8.39. The topological polar surface area (TPSA) is 54.6 Å². The van der Waals surface area contributed by atoms with Crippen molar-refractivity contribution in [3.63, 3.8) is 0 Å². The van der Waals surface area contributed by atoms with Gasteiger partial charge in [-0.05, 0) is 61.2 Å². The van der Waals surface area contributed by atoms with Gasteiger partial charge in [0.05, 0.1) is 15.6 Å². The monoisotopic (exact) mass is 428 g/mol. The van der Waals surface area contributed by atoms with Crippen molar-refractivity contribution < 1.29 is 9.21 Å². The average Bonchev–Trinajstić information content (AvgIpc) is 3.26. The number of benzene rings is 2. The smallest absolute Gasteiger partial charge is 0.264 e. The Labute approximate surface area is 176 Å². The van der Waals surface area contributed by atoms with Gasteiger partial charge in [0.25, 0.3) is 5.91 Å². The van der Waals surface area contributed by atoms with E-state index in [1.807, 2.05) is 31.2 Å². The zero-order valence-electron chi connectivity index (χ0n) is 14.7. The highest BCUT2D eigenvalue weighted by molar-refractivity contribution is 8.18. The van der Waals surface area contributed by atoms with E-state index >= 15 is 0 Å². The number of carbonyl (C=O) groups excluding carboxylic acids is 1. The Hall–Kier alpha value is -2.47. The summed E-state index contributed by atoms with van der Waals surface area (Å²) in [7, 11) is 0. The Morgan fingerprint density at radius 1 is 1.07 bits per heavy atom. The molecular formula is C21H14Cl2N2O2S. The van der Waals surface area contributed by atoms with Gasteiger partial charge in [-0.25, -0.2) is 4.99 Å². The molecule has 1 N–H and O–H groups in total. The Kier molecular flexibility index (Phi) is 5.31. The summed E-state index contributed by atoms with van der Waals surface area (Å²) in [6.45, 7) is 2.01. The fourth-order valence-corrected chi connectivity index (χ4v) is 3.81. The highest BCUT2D eigenvalue weighted by Crippen LogP contribution is 2.33. The van der Waals surface area contributed by atoms with Crippen LogP contribution in [-0.4, -0.2) is 11.1 Å². The Morgan fingerprint density at radius 3 is 2.64 bits per heavy atom. The molecule has 0 atom stereocenters. The van der Waals surface area contributed by atoms with E-state index in [0.717, 1.165) is 11.3 Å². The van der Waals surface area contributed by atoms with Crippen LogP contribution in [0.4, 0.5) is 5.69 Å². The van der Waals surface area contributed by atoms with Gasteiger partial charge in [0.15, 0.2) is 5.17 Å². The highest BCUT2D eigenvalue weighted by Gasteiger charge is 2.24. The van der Waals surface area contributed by atoms with E-state index in [0.29, 0.717) is 37.2 Å². The minimum absolute atomic E-state index is 0.213. The Bertz CT molecular complexity index is 1120. The van der Waals surface area contributed by atoms with Crippen LogP contribution in [0.1, 0.15) is 11.3 Å². The maximum absolute atomic E-state index is 12.2. The SMILES string of the molecule is Cc1ccc(N=C2NC(=O)C(=Cc3ccc(-c4cc(Cl)ccc4Cl)o3)S2)cc1. The van der Waals surface area contributed by atoms with Crippen LogP contribution in [0, 0.1) is 6.92 Å². The Balaban J connectivity index is 1.56. The van der Waals surface area contributed by atoms with Crippen molar-refractivity contribution in [2.45, 2.75) is 6.92 Å². The van der Waals surface area contributed by atoms with Crippen molar-refractivity contribution in [1.29, 1.82) is 0 Å². The number of thioether (sulfide) groups is 1. The molecule has 1 fully saturated rings. The molecule has 1 aliphatic rings. The van der Waals surface area contributed by atoms with Crippen LogP contribution in [-0.2, 0) is 4.79 Å².